The number of hydrogen-bond acceptors (Lipinski definition) is 3. The number of hydrogen-bond donors (Lipinski definition) is 1. The summed E-state index contributed by atoms with van der Waals surface area (Å²) in [7, 11) is 0. The molecule has 1 aromatic rings. The van der Waals surface area contributed by atoms with Crippen molar-refractivity contribution in [1.29, 1.82) is 0 Å². The van der Waals surface area contributed by atoms with Crippen molar-refractivity contribution in [2.45, 2.75) is 37.8 Å². The number of nitrogens with two attached hydrogens (primary N) is 1. The molecule has 2 N–H and O–H groups in total. The lowest BCUT2D eigenvalue weighted by molar-refractivity contribution is -0.134. The van der Waals surface area contributed by atoms with E-state index in [0.717, 1.165) is 25.7 Å². The minimum Gasteiger partial charge on any atom is -0.490 e. The Morgan fingerprint density at radius 1 is 1.18 bits per heavy atom. The summed E-state index contributed by atoms with van der Waals surface area (Å²) in [5.74, 6) is 0.885. The second-order valence-corrected chi connectivity index (χ2v) is 5.96. The van der Waals surface area contributed by atoms with Gasteiger partial charge in [0.05, 0.1) is 6.04 Å². The Labute approximate surface area is 136 Å². The van der Waals surface area contributed by atoms with Crippen molar-refractivity contribution >= 4 is 18.3 Å². The van der Waals surface area contributed by atoms with Gasteiger partial charge in [-0.2, -0.15) is 0 Å². The number of piperidine rings is 1. The summed E-state index contributed by atoms with van der Waals surface area (Å²) in [4.78, 5) is 14.1. The lowest BCUT2D eigenvalue weighted by Crippen LogP contribution is -2.49. The fourth-order valence-electron chi connectivity index (χ4n) is 2.77. The molecule has 1 unspecified atom stereocenters. The number of halogens is 2. The van der Waals surface area contributed by atoms with Gasteiger partial charge < -0.3 is 15.4 Å². The molecule has 1 aliphatic heterocycles. The number of amides is 1. The molecule has 0 spiro atoms. The van der Waals surface area contributed by atoms with Gasteiger partial charge in [-0.1, -0.05) is 0 Å². The second kappa shape index (κ2) is 7.29. The molecule has 0 radical (unpaired) electrons. The van der Waals surface area contributed by atoms with Crippen molar-refractivity contribution in [3.63, 3.8) is 0 Å². The third kappa shape index (κ3) is 4.11. The van der Waals surface area contributed by atoms with Crippen LogP contribution in [0.2, 0.25) is 0 Å². The summed E-state index contributed by atoms with van der Waals surface area (Å²) >= 11 is 0. The maximum Gasteiger partial charge on any atom is 0.239 e. The molecule has 4 nitrogen and oxygen atoms in total. The summed E-state index contributed by atoms with van der Waals surface area (Å²) < 4.78 is 18.7. The van der Waals surface area contributed by atoms with E-state index in [-0.39, 0.29) is 36.3 Å². The molecule has 1 saturated carbocycles. The molecular formula is C16H22ClFN2O2. The zero-order chi connectivity index (χ0) is 14.8. The van der Waals surface area contributed by atoms with Crippen LogP contribution in [0.25, 0.3) is 0 Å². The molecule has 1 heterocycles. The SMILES string of the molecule is Cl.NC(C(=O)N1CCC(Oc2ccc(F)cc2)CC1)C1CC1. The minimum atomic E-state index is -0.320. The highest BCUT2D eigenvalue weighted by molar-refractivity contribution is 5.85. The van der Waals surface area contributed by atoms with Crippen molar-refractivity contribution in [3.8, 4) is 5.75 Å². The highest BCUT2D eigenvalue weighted by Gasteiger charge is 2.36. The number of nitrogens with zero attached hydrogens (tertiary/aromatic N) is 1. The van der Waals surface area contributed by atoms with Crippen LogP contribution in [0, 0.1) is 11.7 Å². The summed E-state index contributed by atoms with van der Waals surface area (Å²) in [6.45, 7) is 1.37. The maximum atomic E-state index is 12.8. The molecule has 6 heteroatoms. The van der Waals surface area contributed by atoms with Crippen LogP contribution in [0.1, 0.15) is 25.7 Å². The topological polar surface area (TPSA) is 55.6 Å². The van der Waals surface area contributed by atoms with Crippen molar-refractivity contribution in [2.24, 2.45) is 11.7 Å². The van der Waals surface area contributed by atoms with Gasteiger partial charge in [-0.3, -0.25) is 4.79 Å². The Hall–Kier alpha value is -1.33. The van der Waals surface area contributed by atoms with Gasteiger partial charge in [0.25, 0.3) is 0 Å². The monoisotopic (exact) mass is 328 g/mol. The number of rotatable bonds is 4. The van der Waals surface area contributed by atoms with Crippen LogP contribution in [0.5, 0.6) is 5.75 Å². The predicted molar refractivity (Wildman–Crippen MR) is 84.6 cm³/mol. The Bertz CT molecular complexity index is 499. The Kier molecular flexibility index (Phi) is 5.64. The van der Waals surface area contributed by atoms with Gasteiger partial charge in [0.2, 0.25) is 5.91 Å². The van der Waals surface area contributed by atoms with Crippen LogP contribution in [-0.4, -0.2) is 36.0 Å². The molecule has 2 aliphatic rings. The van der Waals surface area contributed by atoms with E-state index in [1.54, 1.807) is 12.1 Å². The molecule has 2 fully saturated rings. The van der Waals surface area contributed by atoms with E-state index in [2.05, 4.69) is 0 Å². The minimum absolute atomic E-state index is 0. The molecule has 22 heavy (non-hydrogen) atoms. The van der Waals surface area contributed by atoms with E-state index < -0.39 is 0 Å². The fraction of sp³-hybridized carbons (Fsp3) is 0.562. The third-order valence-corrected chi connectivity index (χ3v) is 4.29. The van der Waals surface area contributed by atoms with Gasteiger partial charge in [0.1, 0.15) is 17.7 Å². The van der Waals surface area contributed by atoms with Crippen LogP contribution in [0.3, 0.4) is 0 Å². The highest BCUT2D eigenvalue weighted by Crippen LogP contribution is 2.32. The van der Waals surface area contributed by atoms with E-state index in [4.69, 9.17) is 10.5 Å². The molecule has 122 valence electrons. The number of benzene rings is 1. The van der Waals surface area contributed by atoms with Gasteiger partial charge in [-0.15, -0.1) is 12.4 Å². The zero-order valence-electron chi connectivity index (χ0n) is 12.4. The Balaban J connectivity index is 0.00000176. The number of likely N-dealkylation sites (tertiary alicyclic amines) is 1. The number of carbonyl (C=O) groups is 1. The molecule has 0 bridgehead atoms. The van der Waals surface area contributed by atoms with E-state index in [9.17, 15) is 9.18 Å². The summed E-state index contributed by atoms with van der Waals surface area (Å²) in [5, 5.41) is 0. The first-order valence-corrected chi connectivity index (χ1v) is 7.60. The molecule has 0 aromatic heterocycles. The molecule has 3 rings (SSSR count). The van der Waals surface area contributed by atoms with Gasteiger partial charge in [0.15, 0.2) is 0 Å². The molecule has 1 atom stereocenters. The molecule has 1 aromatic carbocycles. The van der Waals surface area contributed by atoms with E-state index in [1.165, 1.54) is 12.1 Å². The van der Waals surface area contributed by atoms with Crippen molar-refractivity contribution in [3.05, 3.63) is 30.1 Å². The Morgan fingerprint density at radius 3 is 2.32 bits per heavy atom. The zero-order valence-corrected chi connectivity index (χ0v) is 13.2. The van der Waals surface area contributed by atoms with Crippen LogP contribution in [0.15, 0.2) is 24.3 Å². The van der Waals surface area contributed by atoms with Gasteiger partial charge >= 0.3 is 0 Å². The maximum absolute atomic E-state index is 12.8. The van der Waals surface area contributed by atoms with Crippen LogP contribution < -0.4 is 10.5 Å². The van der Waals surface area contributed by atoms with Crippen molar-refractivity contribution in [1.82, 2.24) is 4.90 Å². The number of ether oxygens (including phenoxy) is 1. The van der Waals surface area contributed by atoms with Crippen molar-refractivity contribution < 1.29 is 13.9 Å². The van der Waals surface area contributed by atoms with Gasteiger partial charge in [-0.25, -0.2) is 4.39 Å². The quantitative estimate of drug-likeness (QED) is 0.923. The van der Waals surface area contributed by atoms with Gasteiger partial charge in [0, 0.05) is 25.9 Å². The molecular weight excluding hydrogens is 307 g/mol. The smallest absolute Gasteiger partial charge is 0.239 e. The van der Waals surface area contributed by atoms with E-state index >= 15 is 0 Å². The van der Waals surface area contributed by atoms with Crippen LogP contribution in [0.4, 0.5) is 4.39 Å². The summed E-state index contributed by atoms with van der Waals surface area (Å²) in [6, 6.07) is 5.73. The van der Waals surface area contributed by atoms with Crippen LogP contribution in [-0.2, 0) is 4.79 Å². The van der Waals surface area contributed by atoms with Gasteiger partial charge in [-0.05, 0) is 43.0 Å². The van der Waals surface area contributed by atoms with Crippen LogP contribution >= 0.6 is 12.4 Å². The van der Waals surface area contributed by atoms with E-state index in [1.807, 2.05) is 4.90 Å². The summed E-state index contributed by atoms with van der Waals surface area (Å²) in [6.07, 6.45) is 3.83. The second-order valence-electron chi connectivity index (χ2n) is 5.96. The van der Waals surface area contributed by atoms with E-state index in [0.29, 0.717) is 24.8 Å². The lowest BCUT2D eigenvalue weighted by atomic mass is 10.1. The first kappa shape index (κ1) is 17.0. The largest absolute Gasteiger partial charge is 0.490 e. The third-order valence-electron chi connectivity index (χ3n) is 4.29. The highest BCUT2D eigenvalue weighted by atomic mass is 35.5. The Morgan fingerprint density at radius 2 is 1.77 bits per heavy atom. The summed E-state index contributed by atoms with van der Waals surface area (Å²) in [5.41, 5.74) is 5.97. The average molecular weight is 329 g/mol. The van der Waals surface area contributed by atoms with Crippen molar-refractivity contribution in [2.75, 3.05) is 13.1 Å². The first-order valence-electron chi connectivity index (χ1n) is 7.60. The molecule has 1 aliphatic carbocycles. The number of carbonyl (C=O) groups excluding carboxylic acids is 1. The predicted octanol–water partition coefficient (Wildman–Crippen LogP) is 2.35. The fourth-order valence-corrected chi connectivity index (χ4v) is 2.77. The lowest BCUT2D eigenvalue weighted by Gasteiger charge is -2.33. The normalized spacial score (nSPS) is 20.2. The molecule has 1 amide bonds. The average Bonchev–Trinajstić information content (AvgIpc) is 3.34. The molecule has 1 saturated heterocycles. The standard InChI is InChI=1S/C16H21FN2O2.ClH/c17-12-3-5-13(6-4-12)21-14-7-9-19(10-8-14)16(20)15(18)11-1-2-11;/h3-6,11,14-15H,1-2,7-10,18H2;1H. The first-order chi connectivity index (χ1) is 10.1.